The van der Waals surface area contributed by atoms with Gasteiger partial charge in [-0.15, -0.1) is 0 Å². The molecule has 0 aliphatic carbocycles. The number of amides is 1. The van der Waals surface area contributed by atoms with E-state index in [9.17, 15) is 9.59 Å². The molecule has 0 heterocycles. The lowest BCUT2D eigenvalue weighted by molar-refractivity contribution is -0.144. The van der Waals surface area contributed by atoms with Crippen LogP contribution in [0.2, 0.25) is 0 Å². The average Bonchev–Trinajstić information content (AvgIpc) is 2.35. The van der Waals surface area contributed by atoms with E-state index >= 15 is 0 Å². The highest BCUT2D eigenvalue weighted by molar-refractivity contribution is 5.83. The predicted molar refractivity (Wildman–Crippen MR) is 80.3 cm³/mol. The molecule has 0 aromatic heterocycles. The number of ether oxygens (including phenoxy) is 1. The molecule has 0 bridgehead atoms. The molecule has 0 fully saturated rings. The molecule has 0 aromatic carbocycles. The van der Waals surface area contributed by atoms with Gasteiger partial charge in [0.25, 0.3) is 0 Å². The molecule has 2 unspecified atom stereocenters. The first-order chi connectivity index (χ1) is 9.27. The molecule has 0 aromatic rings. The number of carbonyl (C=O) groups is 2. The molecule has 0 radical (unpaired) electrons. The smallest absolute Gasteiger partial charge is 0.322 e. The van der Waals surface area contributed by atoms with E-state index in [1.807, 2.05) is 13.8 Å². The summed E-state index contributed by atoms with van der Waals surface area (Å²) >= 11 is 0. The van der Waals surface area contributed by atoms with Gasteiger partial charge >= 0.3 is 5.97 Å². The standard InChI is InChI=1S/C15H30N2O3/c1-10(2)7-8-16-14(18)12(5)17-13(9-11(3)4)15(19)20-6/h10-13,17H,7-9H2,1-6H3,(H,16,18). The first-order valence-corrected chi connectivity index (χ1v) is 7.39. The van der Waals surface area contributed by atoms with Crippen LogP contribution >= 0.6 is 0 Å². The number of hydrogen-bond acceptors (Lipinski definition) is 4. The third kappa shape index (κ3) is 8.15. The Morgan fingerprint density at radius 1 is 1.05 bits per heavy atom. The second-order valence-electron chi connectivity index (χ2n) is 6.07. The van der Waals surface area contributed by atoms with Crippen LogP contribution in [0.1, 0.15) is 47.5 Å². The SMILES string of the molecule is COC(=O)C(CC(C)C)NC(C)C(=O)NCCC(C)C. The largest absolute Gasteiger partial charge is 0.468 e. The van der Waals surface area contributed by atoms with E-state index < -0.39 is 12.1 Å². The summed E-state index contributed by atoms with van der Waals surface area (Å²) in [4.78, 5) is 23.6. The van der Waals surface area contributed by atoms with Gasteiger partial charge in [0, 0.05) is 6.54 Å². The molecule has 20 heavy (non-hydrogen) atoms. The minimum absolute atomic E-state index is 0.0803. The lowest BCUT2D eigenvalue weighted by Crippen LogP contribution is -2.50. The summed E-state index contributed by atoms with van der Waals surface area (Å²) in [7, 11) is 1.37. The molecule has 0 aliphatic heterocycles. The molecule has 5 heteroatoms. The van der Waals surface area contributed by atoms with Crippen LogP contribution in [0.4, 0.5) is 0 Å². The summed E-state index contributed by atoms with van der Waals surface area (Å²) in [6.07, 6.45) is 1.60. The third-order valence-electron chi connectivity index (χ3n) is 3.06. The second-order valence-corrected chi connectivity index (χ2v) is 6.07. The van der Waals surface area contributed by atoms with Gasteiger partial charge in [0.15, 0.2) is 0 Å². The van der Waals surface area contributed by atoms with Crippen molar-refractivity contribution in [2.45, 2.75) is 59.5 Å². The highest BCUT2D eigenvalue weighted by Crippen LogP contribution is 2.07. The molecule has 1 amide bonds. The van der Waals surface area contributed by atoms with Crippen molar-refractivity contribution in [3.05, 3.63) is 0 Å². The summed E-state index contributed by atoms with van der Waals surface area (Å²) in [5.74, 6) is 0.508. The Morgan fingerprint density at radius 2 is 1.65 bits per heavy atom. The Balaban J connectivity index is 4.32. The van der Waals surface area contributed by atoms with Crippen LogP contribution in [0.3, 0.4) is 0 Å². The van der Waals surface area contributed by atoms with Crippen LogP contribution in [-0.4, -0.2) is 37.6 Å². The van der Waals surface area contributed by atoms with Gasteiger partial charge in [0.05, 0.1) is 13.2 Å². The van der Waals surface area contributed by atoms with Crippen molar-refractivity contribution >= 4 is 11.9 Å². The van der Waals surface area contributed by atoms with E-state index in [2.05, 4.69) is 24.5 Å². The van der Waals surface area contributed by atoms with E-state index in [0.717, 1.165) is 6.42 Å². The van der Waals surface area contributed by atoms with E-state index in [0.29, 0.717) is 24.8 Å². The van der Waals surface area contributed by atoms with Gasteiger partial charge < -0.3 is 10.1 Å². The Kier molecular flexibility index (Phi) is 9.21. The van der Waals surface area contributed by atoms with Crippen molar-refractivity contribution in [1.82, 2.24) is 10.6 Å². The zero-order chi connectivity index (χ0) is 15.7. The van der Waals surface area contributed by atoms with Gasteiger partial charge in [-0.2, -0.15) is 0 Å². The summed E-state index contributed by atoms with van der Waals surface area (Å²) < 4.78 is 4.77. The fraction of sp³-hybridized carbons (Fsp3) is 0.867. The minimum atomic E-state index is -0.439. The molecule has 0 rings (SSSR count). The molecule has 0 spiro atoms. The van der Waals surface area contributed by atoms with Crippen molar-refractivity contribution in [2.24, 2.45) is 11.8 Å². The minimum Gasteiger partial charge on any atom is -0.468 e. The maximum atomic E-state index is 11.9. The van der Waals surface area contributed by atoms with Gasteiger partial charge in [-0.1, -0.05) is 27.7 Å². The predicted octanol–water partition coefficient (Wildman–Crippen LogP) is 1.71. The van der Waals surface area contributed by atoms with Crippen LogP contribution in [-0.2, 0) is 14.3 Å². The van der Waals surface area contributed by atoms with Gasteiger partial charge in [-0.25, -0.2) is 0 Å². The zero-order valence-corrected chi connectivity index (χ0v) is 13.7. The highest BCUT2D eigenvalue weighted by atomic mass is 16.5. The van der Waals surface area contributed by atoms with Crippen molar-refractivity contribution in [2.75, 3.05) is 13.7 Å². The first-order valence-electron chi connectivity index (χ1n) is 7.39. The molecule has 0 aliphatic rings. The molecule has 2 atom stereocenters. The summed E-state index contributed by atoms with van der Waals surface area (Å²) in [5, 5.41) is 5.93. The van der Waals surface area contributed by atoms with Crippen molar-refractivity contribution < 1.29 is 14.3 Å². The van der Waals surface area contributed by atoms with Crippen LogP contribution in [0.15, 0.2) is 0 Å². The Morgan fingerprint density at radius 3 is 2.10 bits per heavy atom. The van der Waals surface area contributed by atoms with Crippen LogP contribution in [0.25, 0.3) is 0 Å². The third-order valence-corrected chi connectivity index (χ3v) is 3.06. The topological polar surface area (TPSA) is 67.4 Å². The number of hydrogen-bond donors (Lipinski definition) is 2. The number of carbonyl (C=O) groups excluding carboxylic acids is 2. The van der Waals surface area contributed by atoms with E-state index in [1.54, 1.807) is 6.92 Å². The Bertz CT molecular complexity index is 303. The maximum absolute atomic E-state index is 11.9. The lowest BCUT2D eigenvalue weighted by atomic mass is 10.0. The maximum Gasteiger partial charge on any atom is 0.322 e. The van der Waals surface area contributed by atoms with E-state index in [-0.39, 0.29) is 11.9 Å². The van der Waals surface area contributed by atoms with Gasteiger partial charge in [-0.3, -0.25) is 14.9 Å². The molecule has 2 N–H and O–H groups in total. The molecular weight excluding hydrogens is 256 g/mol. The first kappa shape index (κ1) is 18.9. The zero-order valence-electron chi connectivity index (χ0n) is 13.7. The second kappa shape index (κ2) is 9.75. The van der Waals surface area contributed by atoms with Crippen LogP contribution in [0, 0.1) is 11.8 Å². The quantitative estimate of drug-likeness (QED) is 0.633. The van der Waals surface area contributed by atoms with Gasteiger partial charge in [0.1, 0.15) is 6.04 Å². The van der Waals surface area contributed by atoms with Gasteiger partial charge in [-0.05, 0) is 31.6 Å². The monoisotopic (exact) mass is 286 g/mol. The number of esters is 1. The highest BCUT2D eigenvalue weighted by Gasteiger charge is 2.24. The van der Waals surface area contributed by atoms with Crippen LogP contribution in [0.5, 0.6) is 0 Å². The normalized spacial score (nSPS) is 14.2. The van der Waals surface area contributed by atoms with Crippen molar-refractivity contribution in [3.63, 3.8) is 0 Å². The molecule has 0 saturated heterocycles. The Labute approximate surface area is 122 Å². The van der Waals surface area contributed by atoms with Gasteiger partial charge in [0.2, 0.25) is 5.91 Å². The van der Waals surface area contributed by atoms with Crippen molar-refractivity contribution in [1.29, 1.82) is 0 Å². The van der Waals surface area contributed by atoms with E-state index in [1.165, 1.54) is 7.11 Å². The number of rotatable bonds is 9. The molecule has 5 nitrogen and oxygen atoms in total. The fourth-order valence-electron chi connectivity index (χ4n) is 1.86. The average molecular weight is 286 g/mol. The number of methoxy groups -OCH3 is 1. The van der Waals surface area contributed by atoms with E-state index in [4.69, 9.17) is 4.74 Å². The summed E-state index contributed by atoms with van der Waals surface area (Å²) in [5.41, 5.74) is 0. The summed E-state index contributed by atoms with van der Waals surface area (Å²) in [6, 6.07) is -0.851. The Hall–Kier alpha value is -1.10. The number of nitrogens with one attached hydrogen (secondary N) is 2. The molecule has 0 saturated carbocycles. The molecule has 118 valence electrons. The fourth-order valence-corrected chi connectivity index (χ4v) is 1.86. The van der Waals surface area contributed by atoms with Crippen LogP contribution < -0.4 is 10.6 Å². The molecular formula is C15H30N2O3. The summed E-state index contributed by atoms with van der Waals surface area (Å²) in [6.45, 7) is 10.7. The van der Waals surface area contributed by atoms with Crippen molar-refractivity contribution in [3.8, 4) is 0 Å². The lowest BCUT2D eigenvalue weighted by Gasteiger charge is -2.22.